The second-order valence-electron chi connectivity index (χ2n) is 5.07. The number of amides is 1. The molecule has 1 aromatic heterocycles. The summed E-state index contributed by atoms with van der Waals surface area (Å²) in [7, 11) is 1.34. The number of esters is 1. The third-order valence-corrected chi connectivity index (χ3v) is 3.77. The van der Waals surface area contributed by atoms with E-state index >= 15 is 0 Å². The summed E-state index contributed by atoms with van der Waals surface area (Å²) in [6.45, 7) is 1.96. The molecule has 1 saturated carbocycles. The van der Waals surface area contributed by atoms with E-state index in [0.717, 1.165) is 37.9 Å². The predicted octanol–water partition coefficient (Wildman–Crippen LogP) is 2.40. The number of hydrogen-bond acceptors (Lipinski definition) is 4. The van der Waals surface area contributed by atoms with Gasteiger partial charge in [-0.25, -0.2) is 0 Å². The van der Waals surface area contributed by atoms with Crippen LogP contribution in [-0.2, 0) is 16.0 Å². The largest absolute Gasteiger partial charge is 0.468 e. The molecule has 0 aromatic carbocycles. The molecule has 1 heterocycles. The van der Waals surface area contributed by atoms with Gasteiger partial charge in [0.15, 0.2) is 5.76 Å². The summed E-state index contributed by atoms with van der Waals surface area (Å²) < 4.78 is 10.2. The minimum atomic E-state index is -0.396. The van der Waals surface area contributed by atoms with Crippen molar-refractivity contribution < 1.29 is 18.7 Å². The Hall–Kier alpha value is -1.78. The molecule has 5 heteroatoms. The van der Waals surface area contributed by atoms with E-state index in [2.05, 4.69) is 4.74 Å². The maximum Gasteiger partial charge on any atom is 0.325 e. The van der Waals surface area contributed by atoms with Crippen LogP contribution in [0, 0.1) is 0 Å². The van der Waals surface area contributed by atoms with Gasteiger partial charge in [0.2, 0.25) is 0 Å². The molecule has 1 amide bonds. The van der Waals surface area contributed by atoms with Crippen LogP contribution in [0.15, 0.2) is 16.5 Å². The van der Waals surface area contributed by atoms with E-state index in [1.54, 1.807) is 17.0 Å². The first-order valence-corrected chi connectivity index (χ1v) is 7.12. The van der Waals surface area contributed by atoms with Gasteiger partial charge in [0, 0.05) is 12.5 Å². The maximum atomic E-state index is 12.5. The predicted molar refractivity (Wildman–Crippen MR) is 73.4 cm³/mol. The fraction of sp³-hybridized carbons (Fsp3) is 0.600. The summed E-state index contributed by atoms with van der Waals surface area (Å²) in [6.07, 6.45) is 4.80. The summed E-state index contributed by atoms with van der Waals surface area (Å²) in [5, 5.41) is 0. The Kier molecular flexibility index (Phi) is 4.82. The maximum absolute atomic E-state index is 12.5. The van der Waals surface area contributed by atoms with Gasteiger partial charge in [0.25, 0.3) is 5.91 Å². The van der Waals surface area contributed by atoms with Crippen molar-refractivity contribution in [3.8, 4) is 0 Å². The molecule has 110 valence electrons. The van der Waals surface area contributed by atoms with Crippen LogP contribution in [0.1, 0.15) is 48.9 Å². The fourth-order valence-electron chi connectivity index (χ4n) is 2.61. The second-order valence-corrected chi connectivity index (χ2v) is 5.07. The molecule has 0 unspecified atom stereocenters. The van der Waals surface area contributed by atoms with Crippen molar-refractivity contribution in [1.29, 1.82) is 0 Å². The van der Waals surface area contributed by atoms with Gasteiger partial charge in [-0.1, -0.05) is 19.8 Å². The molecule has 0 N–H and O–H groups in total. The van der Waals surface area contributed by atoms with Crippen molar-refractivity contribution in [1.82, 2.24) is 4.90 Å². The standard InChI is InChI=1S/C15H21NO4/c1-3-12-8-9-13(20-12)15(18)16(10-14(17)19-2)11-6-4-5-7-11/h8-9,11H,3-7,10H2,1-2H3. The minimum Gasteiger partial charge on any atom is -0.468 e. The van der Waals surface area contributed by atoms with Crippen molar-refractivity contribution in [2.24, 2.45) is 0 Å². The number of ether oxygens (including phenoxy) is 1. The van der Waals surface area contributed by atoms with Crippen LogP contribution < -0.4 is 0 Å². The first-order valence-electron chi connectivity index (χ1n) is 7.12. The number of hydrogen-bond donors (Lipinski definition) is 0. The Balaban J connectivity index is 2.15. The summed E-state index contributed by atoms with van der Waals surface area (Å²) >= 11 is 0. The molecular weight excluding hydrogens is 258 g/mol. The third kappa shape index (κ3) is 3.21. The zero-order chi connectivity index (χ0) is 14.5. The number of carbonyl (C=O) groups excluding carboxylic acids is 2. The number of nitrogens with zero attached hydrogens (tertiary/aromatic N) is 1. The van der Waals surface area contributed by atoms with Crippen LogP contribution >= 0.6 is 0 Å². The van der Waals surface area contributed by atoms with Crippen LogP contribution in [0.2, 0.25) is 0 Å². The van der Waals surface area contributed by atoms with Gasteiger partial charge in [-0.3, -0.25) is 9.59 Å². The van der Waals surface area contributed by atoms with Crippen LogP contribution in [0.3, 0.4) is 0 Å². The van der Waals surface area contributed by atoms with Gasteiger partial charge >= 0.3 is 5.97 Å². The molecule has 0 saturated heterocycles. The second kappa shape index (κ2) is 6.59. The van der Waals surface area contributed by atoms with Crippen molar-refractivity contribution in [2.75, 3.05) is 13.7 Å². The zero-order valence-corrected chi connectivity index (χ0v) is 12.1. The van der Waals surface area contributed by atoms with Crippen molar-refractivity contribution in [3.05, 3.63) is 23.7 Å². The lowest BCUT2D eigenvalue weighted by Gasteiger charge is -2.26. The van der Waals surface area contributed by atoms with E-state index < -0.39 is 5.97 Å². The SMILES string of the molecule is CCc1ccc(C(=O)N(CC(=O)OC)C2CCCC2)o1. The van der Waals surface area contributed by atoms with Gasteiger partial charge in [-0.15, -0.1) is 0 Å². The van der Waals surface area contributed by atoms with E-state index in [1.807, 2.05) is 6.92 Å². The molecule has 0 atom stereocenters. The summed E-state index contributed by atoms with van der Waals surface area (Å²) in [5.41, 5.74) is 0. The minimum absolute atomic E-state index is 0.0117. The molecule has 1 fully saturated rings. The lowest BCUT2D eigenvalue weighted by molar-refractivity contribution is -0.141. The Morgan fingerprint density at radius 2 is 2.05 bits per heavy atom. The number of carbonyl (C=O) groups is 2. The Labute approximate surface area is 118 Å². The summed E-state index contributed by atoms with van der Waals surface area (Å²) in [5.74, 6) is 0.463. The van der Waals surface area contributed by atoms with Gasteiger partial charge in [0.1, 0.15) is 12.3 Å². The quantitative estimate of drug-likeness (QED) is 0.777. The Morgan fingerprint density at radius 3 is 2.60 bits per heavy atom. The molecule has 1 aliphatic rings. The van der Waals surface area contributed by atoms with Gasteiger partial charge in [-0.05, 0) is 25.0 Å². The molecule has 2 rings (SSSR count). The van der Waals surface area contributed by atoms with Crippen LogP contribution in [0.25, 0.3) is 0 Å². The lowest BCUT2D eigenvalue weighted by Crippen LogP contribution is -2.42. The fourth-order valence-corrected chi connectivity index (χ4v) is 2.61. The molecule has 0 bridgehead atoms. The smallest absolute Gasteiger partial charge is 0.325 e. The topological polar surface area (TPSA) is 59.8 Å². The summed E-state index contributed by atoms with van der Waals surface area (Å²) in [6, 6.07) is 3.59. The van der Waals surface area contributed by atoms with Crippen molar-refractivity contribution in [3.63, 3.8) is 0 Å². The lowest BCUT2D eigenvalue weighted by atomic mass is 10.2. The number of furan rings is 1. The number of rotatable bonds is 5. The molecule has 0 aliphatic heterocycles. The van der Waals surface area contributed by atoms with E-state index in [9.17, 15) is 9.59 Å². The normalized spacial score (nSPS) is 15.3. The van der Waals surface area contributed by atoms with E-state index in [-0.39, 0.29) is 18.5 Å². The molecular formula is C15H21NO4. The highest BCUT2D eigenvalue weighted by Gasteiger charge is 2.30. The van der Waals surface area contributed by atoms with Gasteiger partial charge in [-0.2, -0.15) is 0 Å². The highest BCUT2D eigenvalue weighted by molar-refractivity contribution is 5.93. The summed E-state index contributed by atoms with van der Waals surface area (Å²) in [4.78, 5) is 25.7. The third-order valence-electron chi connectivity index (χ3n) is 3.77. The van der Waals surface area contributed by atoms with E-state index in [4.69, 9.17) is 4.42 Å². The molecule has 5 nitrogen and oxygen atoms in total. The van der Waals surface area contributed by atoms with Gasteiger partial charge in [0.05, 0.1) is 7.11 Å². The Bertz CT molecular complexity index is 474. The molecule has 0 radical (unpaired) electrons. The number of methoxy groups -OCH3 is 1. The highest BCUT2D eigenvalue weighted by Crippen LogP contribution is 2.25. The van der Waals surface area contributed by atoms with Crippen LogP contribution in [0.4, 0.5) is 0 Å². The average molecular weight is 279 g/mol. The Morgan fingerprint density at radius 1 is 1.35 bits per heavy atom. The average Bonchev–Trinajstić information content (AvgIpc) is 3.14. The molecule has 1 aliphatic carbocycles. The molecule has 20 heavy (non-hydrogen) atoms. The van der Waals surface area contributed by atoms with Crippen LogP contribution in [0.5, 0.6) is 0 Å². The monoisotopic (exact) mass is 279 g/mol. The molecule has 1 aromatic rings. The first-order chi connectivity index (χ1) is 9.65. The van der Waals surface area contributed by atoms with Crippen molar-refractivity contribution >= 4 is 11.9 Å². The molecule has 0 spiro atoms. The number of aryl methyl sites for hydroxylation is 1. The van der Waals surface area contributed by atoms with E-state index in [1.165, 1.54) is 7.11 Å². The van der Waals surface area contributed by atoms with Crippen LogP contribution in [-0.4, -0.2) is 36.5 Å². The zero-order valence-electron chi connectivity index (χ0n) is 12.1. The van der Waals surface area contributed by atoms with E-state index in [0.29, 0.717) is 5.76 Å². The first kappa shape index (κ1) is 14.6. The van der Waals surface area contributed by atoms with Crippen molar-refractivity contribution in [2.45, 2.75) is 45.1 Å². The highest BCUT2D eigenvalue weighted by atomic mass is 16.5. The van der Waals surface area contributed by atoms with Gasteiger partial charge < -0.3 is 14.1 Å².